The van der Waals surface area contributed by atoms with Gasteiger partial charge in [0.25, 0.3) is 5.56 Å². The number of benzene rings is 1. The second kappa shape index (κ2) is 7.39. The molecule has 158 valence electrons. The highest BCUT2D eigenvalue weighted by atomic mass is 19.4. The first-order valence-corrected chi connectivity index (χ1v) is 9.64. The maximum atomic E-state index is 12.8. The lowest BCUT2D eigenvalue weighted by Gasteiger charge is -2.27. The van der Waals surface area contributed by atoms with Gasteiger partial charge in [-0.2, -0.15) is 13.2 Å². The number of halogens is 3. The van der Waals surface area contributed by atoms with E-state index in [1.54, 1.807) is 0 Å². The van der Waals surface area contributed by atoms with E-state index in [-0.39, 0.29) is 11.4 Å². The zero-order valence-electron chi connectivity index (χ0n) is 17.0. The molecule has 1 aromatic carbocycles. The molecule has 4 rings (SSSR count). The predicted molar refractivity (Wildman–Crippen MR) is 106 cm³/mol. The molecule has 6 nitrogen and oxygen atoms in total. The van der Waals surface area contributed by atoms with Gasteiger partial charge in [-0.3, -0.25) is 9.69 Å². The molecule has 0 fully saturated rings. The number of alkyl halides is 3. The van der Waals surface area contributed by atoms with Crippen LogP contribution in [0.25, 0.3) is 11.4 Å². The molecule has 2 aromatic heterocycles. The maximum Gasteiger partial charge on any atom is 0.416 e. The van der Waals surface area contributed by atoms with Crippen LogP contribution in [-0.2, 0) is 32.7 Å². The zero-order valence-corrected chi connectivity index (χ0v) is 17.0. The number of hydrogen-bond donors (Lipinski definition) is 1. The Hall–Kier alpha value is -2.94. The minimum absolute atomic E-state index is 0.258. The SMILES string of the molecule is Cc1nc(CN2CCc3nc(-c4ccc(C(F)(F)F)cc4)[nH]c(=O)c3C2)n(C)c1C. The van der Waals surface area contributed by atoms with Crippen molar-refractivity contribution < 1.29 is 13.2 Å². The highest BCUT2D eigenvalue weighted by molar-refractivity contribution is 5.56. The summed E-state index contributed by atoms with van der Waals surface area (Å²) in [7, 11) is 1.98. The van der Waals surface area contributed by atoms with E-state index in [0.29, 0.717) is 36.3 Å². The molecule has 9 heteroatoms. The summed E-state index contributed by atoms with van der Waals surface area (Å²) in [6, 6.07) is 4.64. The van der Waals surface area contributed by atoms with Gasteiger partial charge in [0.2, 0.25) is 0 Å². The van der Waals surface area contributed by atoms with Gasteiger partial charge in [-0.15, -0.1) is 0 Å². The van der Waals surface area contributed by atoms with Crippen LogP contribution in [0.3, 0.4) is 0 Å². The number of aromatic amines is 1. The lowest BCUT2D eigenvalue weighted by molar-refractivity contribution is -0.137. The van der Waals surface area contributed by atoms with Gasteiger partial charge in [-0.1, -0.05) is 12.1 Å². The number of fused-ring (bicyclic) bond motifs is 1. The van der Waals surface area contributed by atoms with E-state index in [0.717, 1.165) is 35.9 Å². The van der Waals surface area contributed by atoms with Crippen LogP contribution in [0, 0.1) is 13.8 Å². The Morgan fingerprint density at radius 2 is 1.83 bits per heavy atom. The predicted octanol–water partition coefficient (Wildman–Crippen LogP) is 3.36. The number of hydrogen-bond acceptors (Lipinski definition) is 4. The summed E-state index contributed by atoms with van der Waals surface area (Å²) in [5, 5.41) is 0. The molecule has 0 amide bonds. The van der Waals surface area contributed by atoms with Crippen LogP contribution < -0.4 is 5.56 Å². The molecule has 3 heterocycles. The Balaban J connectivity index is 1.57. The molecule has 0 bridgehead atoms. The lowest BCUT2D eigenvalue weighted by atomic mass is 10.1. The van der Waals surface area contributed by atoms with Crippen LogP contribution in [0.5, 0.6) is 0 Å². The summed E-state index contributed by atoms with van der Waals surface area (Å²) >= 11 is 0. The Labute approximate surface area is 171 Å². The quantitative estimate of drug-likeness (QED) is 0.710. The molecule has 0 spiro atoms. The Morgan fingerprint density at radius 1 is 1.13 bits per heavy atom. The average Bonchev–Trinajstić information content (AvgIpc) is 2.94. The summed E-state index contributed by atoms with van der Waals surface area (Å²) in [5.41, 5.74) is 2.85. The number of imidazole rings is 1. The van der Waals surface area contributed by atoms with Crippen LogP contribution in [0.15, 0.2) is 29.1 Å². The number of H-pyrrole nitrogens is 1. The van der Waals surface area contributed by atoms with Crippen LogP contribution in [0.4, 0.5) is 13.2 Å². The summed E-state index contributed by atoms with van der Waals surface area (Å²) < 4.78 is 40.4. The second-order valence-electron chi connectivity index (χ2n) is 7.63. The molecule has 0 atom stereocenters. The highest BCUT2D eigenvalue weighted by Gasteiger charge is 2.30. The number of aromatic nitrogens is 4. The van der Waals surface area contributed by atoms with Gasteiger partial charge in [-0.25, -0.2) is 9.97 Å². The van der Waals surface area contributed by atoms with Gasteiger partial charge in [0, 0.05) is 37.8 Å². The average molecular weight is 417 g/mol. The van der Waals surface area contributed by atoms with Crippen molar-refractivity contribution in [1.82, 2.24) is 24.4 Å². The van der Waals surface area contributed by atoms with Gasteiger partial charge in [-0.05, 0) is 26.0 Å². The summed E-state index contributed by atoms with van der Waals surface area (Å²) in [6.07, 6.45) is -3.81. The summed E-state index contributed by atoms with van der Waals surface area (Å²) in [4.78, 5) is 26.7. The molecule has 0 saturated heterocycles. The molecule has 1 aliphatic heterocycles. The van der Waals surface area contributed by atoms with E-state index in [1.165, 1.54) is 12.1 Å². The van der Waals surface area contributed by atoms with E-state index in [1.807, 2.05) is 20.9 Å². The standard InChI is InChI=1S/C21H22F3N5O/c1-12-13(2)28(3)18(25-12)11-29-9-8-17-16(10-29)20(30)27-19(26-17)14-4-6-15(7-5-14)21(22,23)24/h4-7H,8-11H2,1-3H3,(H,26,27,30). The van der Waals surface area contributed by atoms with Gasteiger partial charge >= 0.3 is 6.18 Å². The van der Waals surface area contributed by atoms with Crippen molar-refractivity contribution >= 4 is 0 Å². The molecular weight excluding hydrogens is 395 g/mol. The van der Waals surface area contributed by atoms with Crippen molar-refractivity contribution in [2.45, 2.75) is 39.5 Å². The van der Waals surface area contributed by atoms with Crippen LogP contribution >= 0.6 is 0 Å². The summed E-state index contributed by atoms with van der Waals surface area (Å²) in [6.45, 7) is 5.80. The first-order chi connectivity index (χ1) is 14.1. The van der Waals surface area contributed by atoms with Crippen molar-refractivity contribution in [2.75, 3.05) is 6.54 Å². The molecule has 1 aliphatic rings. The van der Waals surface area contributed by atoms with E-state index < -0.39 is 11.7 Å². The van der Waals surface area contributed by atoms with Gasteiger partial charge < -0.3 is 9.55 Å². The number of nitrogens with one attached hydrogen (secondary N) is 1. The fourth-order valence-electron chi connectivity index (χ4n) is 3.70. The van der Waals surface area contributed by atoms with Gasteiger partial charge in [0.05, 0.1) is 29.1 Å². The molecule has 0 radical (unpaired) electrons. The third-order valence-electron chi connectivity index (χ3n) is 5.71. The molecule has 0 aliphatic carbocycles. The minimum atomic E-state index is -4.40. The molecule has 0 saturated carbocycles. The Kier molecular flexibility index (Phi) is 5.01. The van der Waals surface area contributed by atoms with E-state index in [9.17, 15) is 18.0 Å². The van der Waals surface area contributed by atoms with Crippen LogP contribution in [0.2, 0.25) is 0 Å². The lowest BCUT2D eigenvalue weighted by Crippen LogP contribution is -2.36. The van der Waals surface area contributed by atoms with Crippen molar-refractivity contribution in [3.63, 3.8) is 0 Å². The van der Waals surface area contributed by atoms with Crippen molar-refractivity contribution in [1.29, 1.82) is 0 Å². The van der Waals surface area contributed by atoms with E-state index >= 15 is 0 Å². The van der Waals surface area contributed by atoms with Gasteiger partial charge in [0.1, 0.15) is 11.6 Å². The fraction of sp³-hybridized carbons (Fsp3) is 0.381. The van der Waals surface area contributed by atoms with Gasteiger partial charge in [0.15, 0.2) is 0 Å². The summed E-state index contributed by atoms with van der Waals surface area (Å²) in [5.74, 6) is 1.23. The molecule has 1 N–H and O–H groups in total. The van der Waals surface area contributed by atoms with Crippen molar-refractivity contribution in [2.24, 2.45) is 7.05 Å². The largest absolute Gasteiger partial charge is 0.416 e. The topological polar surface area (TPSA) is 66.8 Å². The van der Waals surface area contributed by atoms with Crippen molar-refractivity contribution in [3.05, 3.63) is 68.7 Å². The number of aryl methyl sites for hydroxylation is 1. The fourth-order valence-corrected chi connectivity index (χ4v) is 3.70. The number of rotatable bonds is 3. The molecular formula is C21H22F3N5O. The second-order valence-corrected chi connectivity index (χ2v) is 7.63. The Morgan fingerprint density at radius 3 is 2.43 bits per heavy atom. The third kappa shape index (κ3) is 3.77. The minimum Gasteiger partial charge on any atom is -0.334 e. The molecule has 30 heavy (non-hydrogen) atoms. The normalized spacial score (nSPS) is 14.7. The first kappa shape index (κ1) is 20.3. The Bertz CT molecular complexity index is 1150. The molecule has 0 unspecified atom stereocenters. The monoisotopic (exact) mass is 417 g/mol. The van der Waals surface area contributed by atoms with Crippen molar-refractivity contribution in [3.8, 4) is 11.4 Å². The van der Waals surface area contributed by atoms with Crippen LogP contribution in [-0.4, -0.2) is 31.0 Å². The molecule has 3 aromatic rings. The van der Waals surface area contributed by atoms with Crippen LogP contribution in [0.1, 0.15) is 34.0 Å². The first-order valence-electron chi connectivity index (χ1n) is 9.64. The van der Waals surface area contributed by atoms with E-state index in [2.05, 4.69) is 24.4 Å². The number of nitrogens with zero attached hydrogens (tertiary/aromatic N) is 4. The zero-order chi connectivity index (χ0) is 21.6. The smallest absolute Gasteiger partial charge is 0.334 e. The highest BCUT2D eigenvalue weighted by Crippen LogP contribution is 2.30. The van der Waals surface area contributed by atoms with E-state index in [4.69, 9.17) is 0 Å². The maximum absolute atomic E-state index is 12.8. The third-order valence-corrected chi connectivity index (χ3v) is 5.71.